The number of benzene rings is 2. The quantitative estimate of drug-likeness (QED) is 0.568. The highest BCUT2D eigenvalue weighted by molar-refractivity contribution is 5.69. The largest absolute Gasteiger partial charge is 0.445 e. The van der Waals surface area contributed by atoms with Crippen molar-refractivity contribution in [3.8, 4) is 0 Å². The van der Waals surface area contributed by atoms with E-state index in [9.17, 15) is 9.59 Å². The van der Waals surface area contributed by atoms with Crippen molar-refractivity contribution < 1.29 is 19.1 Å². The molecule has 204 valence electrons. The molecule has 0 radical (unpaired) electrons. The number of carbonyl (C=O) groups is 2. The molecule has 2 aromatic carbocycles. The number of rotatable bonds is 5. The molecule has 3 fully saturated rings. The molecule has 38 heavy (non-hydrogen) atoms. The van der Waals surface area contributed by atoms with E-state index in [1.54, 1.807) is 4.90 Å². The molecule has 0 spiro atoms. The average molecular weight is 521 g/mol. The van der Waals surface area contributed by atoms with Crippen LogP contribution in [0.3, 0.4) is 0 Å². The third-order valence-electron chi connectivity index (χ3n) is 7.58. The molecule has 3 saturated heterocycles. The third kappa shape index (κ3) is 6.41. The molecule has 2 aromatic rings. The van der Waals surface area contributed by atoms with Gasteiger partial charge >= 0.3 is 12.2 Å². The highest BCUT2D eigenvalue weighted by atomic mass is 16.6. The van der Waals surface area contributed by atoms with Gasteiger partial charge in [-0.15, -0.1) is 0 Å². The normalized spacial score (nSPS) is 21.9. The predicted octanol–water partition coefficient (Wildman–Crippen LogP) is 4.73. The van der Waals surface area contributed by atoms with Gasteiger partial charge < -0.3 is 24.2 Å². The fraction of sp³-hybridized carbons (Fsp3) is 0.533. The Morgan fingerprint density at radius 3 is 2.13 bits per heavy atom. The van der Waals surface area contributed by atoms with Crippen molar-refractivity contribution in [2.75, 3.05) is 44.2 Å². The molecule has 0 saturated carbocycles. The number of anilines is 1. The fourth-order valence-electron chi connectivity index (χ4n) is 5.77. The van der Waals surface area contributed by atoms with Crippen LogP contribution < -0.4 is 4.90 Å². The monoisotopic (exact) mass is 520 g/mol. The summed E-state index contributed by atoms with van der Waals surface area (Å²) in [5, 5.41) is 0. The first kappa shape index (κ1) is 26.4. The molecule has 5 rings (SSSR count). The molecular formula is C30H40N4O4. The molecule has 2 amide bonds. The Morgan fingerprint density at radius 2 is 1.47 bits per heavy atom. The Balaban J connectivity index is 1.14. The van der Waals surface area contributed by atoms with Gasteiger partial charge in [0.2, 0.25) is 0 Å². The molecule has 3 aliphatic heterocycles. The van der Waals surface area contributed by atoms with E-state index in [4.69, 9.17) is 9.47 Å². The maximum atomic E-state index is 12.8. The lowest BCUT2D eigenvalue weighted by atomic mass is 10.1. The Labute approximate surface area is 226 Å². The fourth-order valence-corrected chi connectivity index (χ4v) is 5.77. The van der Waals surface area contributed by atoms with E-state index in [0.29, 0.717) is 44.9 Å². The van der Waals surface area contributed by atoms with Gasteiger partial charge in [-0.2, -0.15) is 0 Å². The molecule has 8 heteroatoms. The minimum atomic E-state index is -0.470. The van der Waals surface area contributed by atoms with Gasteiger partial charge in [0.1, 0.15) is 12.2 Å². The summed E-state index contributed by atoms with van der Waals surface area (Å²) < 4.78 is 11.1. The van der Waals surface area contributed by atoms with Gasteiger partial charge in [0.15, 0.2) is 0 Å². The van der Waals surface area contributed by atoms with E-state index in [0.717, 1.165) is 38.0 Å². The number of amides is 2. The first-order valence-corrected chi connectivity index (χ1v) is 13.8. The van der Waals surface area contributed by atoms with Crippen LogP contribution in [0.2, 0.25) is 0 Å². The number of nitrogens with zero attached hydrogens (tertiary/aromatic N) is 4. The van der Waals surface area contributed by atoms with Crippen molar-refractivity contribution >= 4 is 17.9 Å². The zero-order valence-electron chi connectivity index (χ0n) is 22.8. The van der Waals surface area contributed by atoms with Crippen LogP contribution in [-0.2, 0) is 22.6 Å². The van der Waals surface area contributed by atoms with E-state index in [1.807, 2.05) is 56.0 Å². The van der Waals surface area contributed by atoms with E-state index in [-0.39, 0.29) is 12.2 Å². The third-order valence-corrected chi connectivity index (χ3v) is 7.58. The van der Waals surface area contributed by atoms with Crippen molar-refractivity contribution in [3.63, 3.8) is 0 Å². The molecule has 2 bridgehead atoms. The maximum Gasteiger partial charge on any atom is 0.410 e. The first-order valence-electron chi connectivity index (χ1n) is 13.8. The number of fused-ring (bicyclic) bond motifs is 2. The van der Waals surface area contributed by atoms with Crippen molar-refractivity contribution in [2.45, 2.75) is 64.4 Å². The summed E-state index contributed by atoms with van der Waals surface area (Å²) in [4.78, 5) is 33.8. The van der Waals surface area contributed by atoms with E-state index in [1.165, 1.54) is 11.3 Å². The number of likely N-dealkylation sites (tertiary alicyclic amines) is 1. The van der Waals surface area contributed by atoms with Gasteiger partial charge in [-0.05, 0) is 56.9 Å². The molecule has 3 aliphatic rings. The van der Waals surface area contributed by atoms with Crippen LogP contribution in [0.15, 0.2) is 54.6 Å². The number of piperazine rings is 2. The van der Waals surface area contributed by atoms with Crippen LogP contribution in [0.25, 0.3) is 0 Å². The van der Waals surface area contributed by atoms with Crippen LogP contribution in [-0.4, -0.2) is 83.8 Å². The molecule has 0 aliphatic carbocycles. The molecular weight excluding hydrogens is 480 g/mol. The summed E-state index contributed by atoms with van der Waals surface area (Å²) in [5.74, 6) is 0. The first-order chi connectivity index (χ1) is 18.2. The summed E-state index contributed by atoms with van der Waals surface area (Å²) in [7, 11) is 0. The molecule has 8 nitrogen and oxygen atoms in total. The Morgan fingerprint density at radius 1 is 0.816 bits per heavy atom. The Bertz CT molecular complexity index is 1100. The number of carbonyl (C=O) groups excluding carboxylic acids is 2. The Hall–Kier alpha value is -3.26. The predicted molar refractivity (Wildman–Crippen MR) is 147 cm³/mol. The van der Waals surface area contributed by atoms with E-state index >= 15 is 0 Å². The van der Waals surface area contributed by atoms with Gasteiger partial charge in [-0.25, -0.2) is 9.59 Å². The second-order valence-corrected chi connectivity index (χ2v) is 11.7. The van der Waals surface area contributed by atoms with Gasteiger partial charge in [0.25, 0.3) is 0 Å². The summed E-state index contributed by atoms with van der Waals surface area (Å²) in [5.41, 5.74) is 3.05. The molecule has 2 unspecified atom stereocenters. The Kier molecular flexibility index (Phi) is 7.79. The summed E-state index contributed by atoms with van der Waals surface area (Å²) >= 11 is 0. The van der Waals surface area contributed by atoms with Gasteiger partial charge in [-0.1, -0.05) is 42.5 Å². The number of hydrogen-bond donors (Lipinski definition) is 0. The van der Waals surface area contributed by atoms with E-state index < -0.39 is 5.60 Å². The van der Waals surface area contributed by atoms with Crippen LogP contribution in [0.1, 0.15) is 44.7 Å². The minimum Gasteiger partial charge on any atom is -0.445 e. The standard InChI is InChI=1S/C30H40N4O4/c1-30(2,3)38-29(36)32-16-14-31(15-17-32)19-24-10-7-11-25(18-24)34-26-12-13-27(34)21-33(20-26)28(35)37-22-23-8-5-4-6-9-23/h4-11,18,26-27H,12-17,19-22H2,1-3H3. The molecule has 0 N–H and O–H groups in total. The van der Waals surface area contributed by atoms with Crippen molar-refractivity contribution in [2.24, 2.45) is 0 Å². The van der Waals surface area contributed by atoms with Gasteiger partial charge in [-0.3, -0.25) is 4.90 Å². The average Bonchev–Trinajstić information content (AvgIpc) is 3.16. The van der Waals surface area contributed by atoms with Crippen LogP contribution in [0, 0.1) is 0 Å². The second kappa shape index (κ2) is 11.2. The van der Waals surface area contributed by atoms with Crippen molar-refractivity contribution in [3.05, 3.63) is 65.7 Å². The van der Waals surface area contributed by atoms with Crippen LogP contribution in [0.5, 0.6) is 0 Å². The lowest BCUT2D eigenvalue weighted by Gasteiger charge is -2.42. The number of hydrogen-bond acceptors (Lipinski definition) is 6. The van der Waals surface area contributed by atoms with E-state index in [2.05, 4.69) is 34.1 Å². The summed E-state index contributed by atoms with van der Waals surface area (Å²) in [6.45, 7) is 11.3. The van der Waals surface area contributed by atoms with Gasteiger partial charge in [0.05, 0.1) is 0 Å². The lowest BCUT2D eigenvalue weighted by Crippen LogP contribution is -2.55. The molecule has 0 aromatic heterocycles. The summed E-state index contributed by atoms with van der Waals surface area (Å²) in [6.07, 6.45) is 1.73. The zero-order chi connectivity index (χ0) is 26.7. The highest BCUT2D eigenvalue weighted by Crippen LogP contribution is 2.35. The zero-order valence-corrected chi connectivity index (χ0v) is 22.8. The summed E-state index contributed by atoms with van der Waals surface area (Å²) in [6, 6.07) is 19.3. The SMILES string of the molecule is CC(C)(C)OC(=O)N1CCN(Cc2cccc(N3C4CCC3CN(C(=O)OCc3ccccc3)C4)c2)CC1. The minimum absolute atomic E-state index is 0.218. The second-order valence-electron chi connectivity index (χ2n) is 11.7. The number of ether oxygens (including phenoxy) is 2. The smallest absolute Gasteiger partial charge is 0.410 e. The maximum absolute atomic E-state index is 12.8. The van der Waals surface area contributed by atoms with Gasteiger partial charge in [0, 0.05) is 63.6 Å². The molecule has 3 heterocycles. The highest BCUT2D eigenvalue weighted by Gasteiger charge is 2.42. The van der Waals surface area contributed by atoms with Crippen LogP contribution >= 0.6 is 0 Å². The van der Waals surface area contributed by atoms with Crippen molar-refractivity contribution in [1.82, 2.24) is 14.7 Å². The van der Waals surface area contributed by atoms with Crippen molar-refractivity contribution in [1.29, 1.82) is 0 Å². The topological polar surface area (TPSA) is 65.6 Å². The lowest BCUT2D eigenvalue weighted by molar-refractivity contribution is 0.0139. The van der Waals surface area contributed by atoms with Crippen LogP contribution in [0.4, 0.5) is 15.3 Å². The molecule has 2 atom stereocenters.